The number of rotatable bonds is 6. The summed E-state index contributed by atoms with van der Waals surface area (Å²) in [6, 6.07) is 112. The highest BCUT2D eigenvalue weighted by Gasteiger charge is 2.51. The van der Waals surface area contributed by atoms with Crippen LogP contribution >= 0.6 is 0 Å². The summed E-state index contributed by atoms with van der Waals surface area (Å²) < 4.78 is 0. The van der Waals surface area contributed by atoms with Gasteiger partial charge in [0.15, 0.2) is 0 Å². The lowest BCUT2D eigenvalue weighted by molar-refractivity contribution is 0.660. The lowest BCUT2D eigenvalue weighted by Crippen LogP contribution is -2.25. The van der Waals surface area contributed by atoms with Crippen LogP contribution in [0.5, 0.6) is 0 Å². The molecule has 13 aromatic rings. The van der Waals surface area contributed by atoms with E-state index in [4.69, 9.17) is 0 Å². The van der Waals surface area contributed by atoms with E-state index in [9.17, 15) is 0 Å². The van der Waals surface area contributed by atoms with Crippen molar-refractivity contribution in [1.82, 2.24) is 0 Å². The molecule has 0 radical (unpaired) electrons. The van der Waals surface area contributed by atoms with Crippen LogP contribution in [0.4, 0.5) is 17.1 Å². The standard InChI is InChI=1S/C59H43N.C16H16.C13H12/c1-38-34-42(41-30-33-48-47-20-9-14-25-53(47)59(55(48)37-41)51-23-12-7-18-45(51)46-19-8-13-24-52(46)59)36-44(35-38)60(43-31-28-40(29-32-43)39-16-5-4-6-17-39)56-27-15-26-54-57(56)49-21-10-11-22-50(49)58(54,2)3;1-11-7-6-10-14-15(11)12-8-4-5-9-13(12)16(14,2)3;1-11-7-9-13(10-8-11)12-5-3-2-4-6-12/h4-37H,1-3H3;4-10H,1-3H3;2-10H,1H3. The topological polar surface area (TPSA) is 3.24 Å². The number of hydrogen-bond acceptors (Lipinski definition) is 1. The van der Waals surface area contributed by atoms with Gasteiger partial charge in [-0.3, -0.25) is 0 Å². The molecule has 0 saturated carbocycles. The fourth-order valence-electron chi connectivity index (χ4n) is 15.4. The molecule has 0 amide bonds. The lowest BCUT2D eigenvalue weighted by Gasteiger charge is -2.31. The van der Waals surface area contributed by atoms with Gasteiger partial charge in [0.05, 0.1) is 11.1 Å². The van der Waals surface area contributed by atoms with Crippen LogP contribution in [0.15, 0.2) is 303 Å². The molecule has 13 aromatic carbocycles. The zero-order valence-corrected chi connectivity index (χ0v) is 51.8. The van der Waals surface area contributed by atoms with E-state index >= 15 is 0 Å². The average Bonchev–Trinajstić information content (AvgIpc) is 1.53. The Balaban J connectivity index is 0.000000185. The molecule has 89 heavy (non-hydrogen) atoms. The SMILES string of the molecule is Cc1cc(-c2ccc3c(c2)C2(c4ccccc4-c4ccccc42)c2ccccc2-3)cc(N(c2ccc(-c3ccccc3)cc2)c2cccc3c2-c2ccccc2C3(C)C)c1.Cc1ccc(-c2ccccc2)cc1.Cc1cccc2c1-c1ccccc1C2(C)C. The van der Waals surface area contributed by atoms with Crippen molar-refractivity contribution in [3.8, 4) is 77.9 Å². The third-order valence-electron chi connectivity index (χ3n) is 19.7. The molecule has 4 aliphatic rings. The Hall–Kier alpha value is -10.3. The lowest BCUT2D eigenvalue weighted by atomic mass is 9.70. The van der Waals surface area contributed by atoms with E-state index in [1.165, 1.54) is 145 Å². The quantitative estimate of drug-likeness (QED) is 0.160. The van der Waals surface area contributed by atoms with E-state index in [-0.39, 0.29) is 16.2 Å². The normalized spacial score (nSPS) is 13.8. The molecular weight excluding hydrogens is 1070 g/mol. The van der Waals surface area contributed by atoms with Gasteiger partial charge in [-0.2, -0.15) is 0 Å². The van der Waals surface area contributed by atoms with Crippen molar-refractivity contribution in [2.24, 2.45) is 0 Å². The van der Waals surface area contributed by atoms with Crippen LogP contribution in [0.25, 0.3) is 77.9 Å². The second kappa shape index (κ2) is 21.8. The number of benzene rings is 13. The van der Waals surface area contributed by atoms with Gasteiger partial charge in [0.25, 0.3) is 0 Å². The molecule has 17 rings (SSSR count). The summed E-state index contributed by atoms with van der Waals surface area (Å²) in [5.41, 5.74) is 36.3. The van der Waals surface area contributed by atoms with Crippen molar-refractivity contribution in [2.45, 2.75) is 64.7 Å². The Bertz CT molecular complexity index is 4780. The summed E-state index contributed by atoms with van der Waals surface area (Å²) >= 11 is 0. The largest absolute Gasteiger partial charge is 0.310 e. The van der Waals surface area contributed by atoms with Crippen LogP contribution in [-0.2, 0) is 16.2 Å². The van der Waals surface area contributed by atoms with Crippen molar-refractivity contribution in [2.75, 3.05) is 4.90 Å². The van der Waals surface area contributed by atoms with Gasteiger partial charge < -0.3 is 4.90 Å². The number of hydrogen-bond donors (Lipinski definition) is 0. The maximum atomic E-state index is 2.50. The number of anilines is 3. The molecule has 1 nitrogen and oxygen atoms in total. The molecule has 0 saturated heterocycles. The summed E-state index contributed by atoms with van der Waals surface area (Å²) in [4.78, 5) is 2.50. The minimum atomic E-state index is -0.390. The Kier molecular flexibility index (Phi) is 13.5. The highest BCUT2D eigenvalue weighted by Crippen LogP contribution is 2.63. The van der Waals surface area contributed by atoms with Gasteiger partial charge in [-0.15, -0.1) is 0 Å². The second-order valence-electron chi connectivity index (χ2n) is 25.7. The molecule has 1 spiro atoms. The second-order valence-corrected chi connectivity index (χ2v) is 25.7. The Labute approximate surface area is 526 Å². The molecule has 0 fully saturated rings. The third-order valence-corrected chi connectivity index (χ3v) is 19.7. The fraction of sp³-hybridized carbons (Fsp3) is 0.114. The predicted molar refractivity (Wildman–Crippen MR) is 376 cm³/mol. The number of fused-ring (bicyclic) bond motifs is 16. The van der Waals surface area contributed by atoms with Crippen LogP contribution in [0.3, 0.4) is 0 Å². The molecule has 428 valence electrons. The predicted octanol–water partition coefficient (Wildman–Crippen LogP) is 23.4. The minimum absolute atomic E-state index is 0.113. The van der Waals surface area contributed by atoms with Crippen LogP contribution < -0.4 is 4.90 Å². The molecule has 1 heteroatoms. The van der Waals surface area contributed by atoms with Crippen molar-refractivity contribution in [3.05, 3.63) is 365 Å². The summed E-state index contributed by atoms with van der Waals surface area (Å²) in [7, 11) is 0. The van der Waals surface area contributed by atoms with Gasteiger partial charge in [-0.1, -0.05) is 300 Å². The van der Waals surface area contributed by atoms with E-state index in [0.29, 0.717) is 0 Å². The van der Waals surface area contributed by atoms with Crippen LogP contribution in [0.2, 0.25) is 0 Å². The van der Waals surface area contributed by atoms with Gasteiger partial charge in [0.2, 0.25) is 0 Å². The van der Waals surface area contributed by atoms with Crippen molar-refractivity contribution >= 4 is 17.1 Å². The molecule has 0 bridgehead atoms. The Morgan fingerprint density at radius 1 is 0.236 bits per heavy atom. The smallest absolute Gasteiger partial charge is 0.0725 e. The zero-order valence-electron chi connectivity index (χ0n) is 51.8. The first-order chi connectivity index (χ1) is 43.4. The van der Waals surface area contributed by atoms with Gasteiger partial charge in [0.1, 0.15) is 0 Å². The van der Waals surface area contributed by atoms with E-state index in [1.807, 2.05) is 6.07 Å². The van der Waals surface area contributed by atoms with Crippen LogP contribution in [0, 0.1) is 20.8 Å². The molecular formula is C88H71N. The molecule has 0 N–H and O–H groups in total. The van der Waals surface area contributed by atoms with Crippen molar-refractivity contribution in [1.29, 1.82) is 0 Å². The molecule has 0 heterocycles. The third kappa shape index (κ3) is 9.05. The first kappa shape index (κ1) is 55.3. The summed E-state index contributed by atoms with van der Waals surface area (Å²) in [6.45, 7) is 15.9. The van der Waals surface area contributed by atoms with E-state index in [2.05, 4.69) is 351 Å². The van der Waals surface area contributed by atoms with Crippen molar-refractivity contribution in [3.63, 3.8) is 0 Å². The summed E-state index contributed by atoms with van der Waals surface area (Å²) in [6.07, 6.45) is 0. The minimum Gasteiger partial charge on any atom is -0.310 e. The van der Waals surface area contributed by atoms with Gasteiger partial charge in [-0.05, 0) is 185 Å². The van der Waals surface area contributed by atoms with Crippen LogP contribution in [-0.4, -0.2) is 0 Å². The van der Waals surface area contributed by atoms with Gasteiger partial charge in [0, 0.05) is 27.8 Å². The summed E-state index contributed by atoms with van der Waals surface area (Å²) in [5.74, 6) is 0. The summed E-state index contributed by atoms with van der Waals surface area (Å²) in [5, 5.41) is 0. The maximum Gasteiger partial charge on any atom is 0.0725 e. The number of aryl methyl sites for hydroxylation is 3. The average molecular weight is 1140 g/mol. The molecule has 0 aromatic heterocycles. The zero-order chi connectivity index (χ0) is 60.6. The van der Waals surface area contributed by atoms with Crippen molar-refractivity contribution < 1.29 is 0 Å². The monoisotopic (exact) mass is 1140 g/mol. The number of nitrogens with zero attached hydrogens (tertiary/aromatic N) is 1. The molecule has 0 atom stereocenters. The highest BCUT2D eigenvalue weighted by molar-refractivity contribution is 5.98. The first-order valence-electron chi connectivity index (χ1n) is 31.5. The molecule has 0 unspecified atom stereocenters. The van der Waals surface area contributed by atoms with Gasteiger partial charge in [-0.25, -0.2) is 0 Å². The molecule has 4 aliphatic carbocycles. The van der Waals surface area contributed by atoms with E-state index in [0.717, 1.165) is 11.4 Å². The Morgan fingerprint density at radius 3 is 1.18 bits per heavy atom. The van der Waals surface area contributed by atoms with E-state index in [1.54, 1.807) is 0 Å². The first-order valence-corrected chi connectivity index (χ1v) is 31.5. The Morgan fingerprint density at radius 2 is 0.640 bits per heavy atom. The van der Waals surface area contributed by atoms with E-state index < -0.39 is 0 Å². The van der Waals surface area contributed by atoms with Crippen LogP contribution in [0.1, 0.15) is 88.9 Å². The maximum absolute atomic E-state index is 2.50. The van der Waals surface area contributed by atoms with Gasteiger partial charge >= 0.3 is 0 Å². The fourth-order valence-corrected chi connectivity index (χ4v) is 15.4. The molecule has 0 aliphatic heterocycles. The highest BCUT2D eigenvalue weighted by atomic mass is 15.1.